The Bertz CT molecular complexity index is 7030. The van der Waals surface area contributed by atoms with E-state index in [0.29, 0.717) is 66.0 Å². The molecule has 5 aliphatic rings. The molecule has 0 amide bonds. The van der Waals surface area contributed by atoms with Crippen molar-refractivity contribution in [2.24, 2.45) is 17.1 Å². The zero-order chi connectivity index (χ0) is 100. The number of benzene rings is 5. The highest BCUT2D eigenvalue weighted by molar-refractivity contribution is 5.82. The topological polar surface area (TPSA) is 390 Å². The number of aryl methyl sites for hydroxylation is 4. The van der Waals surface area contributed by atoms with Gasteiger partial charge in [-0.15, -0.1) is 0 Å². The molecule has 0 spiro atoms. The number of allylic oxidation sites excluding steroid dienone is 1. The van der Waals surface area contributed by atoms with E-state index in [1.807, 2.05) is 77.4 Å². The largest absolute Gasteiger partial charge is 0.495 e. The summed E-state index contributed by atoms with van der Waals surface area (Å²) in [6.07, 6.45) is 27.4. The average Bonchev–Trinajstić information content (AvgIpc) is 1.52. The number of nitriles is 1. The smallest absolute Gasteiger partial charge is 0.229 e. The lowest BCUT2D eigenvalue weighted by molar-refractivity contribution is 0.299. The minimum atomic E-state index is -0.578. The highest BCUT2D eigenvalue weighted by Gasteiger charge is 2.31. The van der Waals surface area contributed by atoms with E-state index in [1.54, 1.807) is 65.0 Å². The maximum Gasteiger partial charge on any atom is 0.229 e. The van der Waals surface area contributed by atoms with Gasteiger partial charge in [0.1, 0.15) is 28.7 Å². The molecule has 20 rings (SSSR count). The summed E-state index contributed by atoms with van der Waals surface area (Å²) in [6, 6.07) is 23.9. The minimum absolute atomic E-state index is 0.142. The van der Waals surface area contributed by atoms with Crippen molar-refractivity contribution in [1.82, 2.24) is 123 Å². The van der Waals surface area contributed by atoms with Crippen LogP contribution in [0.2, 0.25) is 0 Å². The molecule has 2 atom stereocenters. The van der Waals surface area contributed by atoms with Crippen LogP contribution in [0.3, 0.4) is 0 Å². The first-order chi connectivity index (χ1) is 68.5. The lowest BCUT2D eigenvalue weighted by Gasteiger charge is -2.26. The lowest BCUT2D eigenvalue weighted by atomic mass is 9.87. The first-order valence-electron chi connectivity index (χ1n) is 49.2. The van der Waals surface area contributed by atoms with Gasteiger partial charge in [0.15, 0.2) is 28.2 Å². The van der Waals surface area contributed by atoms with E-state index < -0.39 is 5.41 Å². The second kappa shape index (κ2) is 45.1. The third-order valence-electron chi connectivity index (χ3n) is 27.1. The zero-order valence-corrected chi connectivity index (χ0v) is 85.6. The first-order valence-corrected chi connectivity index (χ1v) is 49.2. The number of nitrogens with one attached hydrogen (secondary N) is 5. The van der Waals surface area contributed by atoms with E-state index in [4.69, 9.17) is 49.4 Å². The van der Waals surface area contributed by atoms with Gasteiger partial charge in [-0.2, -0.15) is 55.7 Å². The molecule has 0 fully saturated rings. The van der Waals surface area contributed by atoms with Gasteiger partial charge < -0.3 is 80.5 Å². The molecule has 0 radical (unpaired) electrons. The van der Waals surface area contributed by atoms with Gasteiger partial charge in [0.2, 0.25) is 29.7 Å². The van der Waals surface area contributed by atoms with Crippen LogP contribution in [0.15, 0.2) is 129 Å². The van der Waals surface area contributed by atoms with E-state index in [-0.39, 0.29) is 6.04 Å². The molecule has 37 heteroatoms. The quantitative estimate of drug-likeness (QED) is 0.0253. The molecule has 0 aliphatic carbocycles. The number of methoxy groups -OCH3 is 5. The van der Waals surface area contributed by atoms with Crippen LogP contribution in [-0.2, 0) is 84.5 Å². The Hall–Kier alpha value is -14.3. The number of anilines is 10. The number of aromatic nitrogens is 20. The van der Waals surface area contributed by atoms with Gasteiger partial charge >= 0.3 is 0 Å². The van der Waals surface area contributed by atoms with E-state index in [1.165, 1.54) is 55.6 Å². The third-order valence-corrected chi connectivity index (χ3v) is 27.1. The Morgan fingerprint density at radius 1 is 0.408 bits per heavy atom. The summed E-state index contributed by atoms with van der Waals surface area (Å²) in [7, 11) is 19.2. The Kier molecular flexibility index (Phi) is 32.0. The number of fused-ring (bicyclic) bond motifs is 10. The molecule has 10 aromatic heterocycles. The number of nitrogens with two attached hydrogens (primary N) is 1. The SMILES string of the molecule is C=C(N)CCn1ncc2cnc(Nc3cc4c(cc3OC)CCN(C)C4)nc21.CCCC(C)n1ncc2cnc(Nc3cc4c(cc3OC)CCN(C)C4)nc21.CCCCn1ncc2cnc(Nc3cc4c(cc3OC)CCN(C)C4)nc21.COc1cc2c(cc1Nc1ncc3c(C)nn(CCC(C)C)c3n1)CN(C)CC2.COc1cc2c(cc1Nc1ncc3cnn(C(C)C(C)(C)C#N)c3n1)CN(C)CC2. The van der Waals surface area contributed by atoms with Crippen molar-refractivity contribution < 1.29 is 23.7 Å². The Morgan fingerprint density at radius 3 is 1.07 bits per heavy atom. The summed E-state index contributed by atoms with van der Waals surface area (Å²) < 4.78 is 37.6. The maximum absolute atomic E-state index is 9.50. The summed E-state index contributed by atoms with van der Waals surface area (Å²) in [6.45, 7) is 34.8. The molecule has 0 saturated heterocycles. The van der Waals surface area contributed by atoms with Crippen LogP contribution in [0.4, 0.5) is 58.2 Å². The van der Waals surface area contributed by atoms with Crippen LogP contribution in [0.1, 0.15) is 167 Å². The Balaban J connectivity index is 0.000000128. The monoisotopic (exact) mass is 1930 g/mol. The Labute approximate surface area is 830 Å². The predicted molar refractivity (Wildman–Crippen MR) is 559 cm³/mol. The predicted octanol–water partition coefficient (Wildman–Crippen LogP) is 17.3. The highest BCUT2D eigenvalue weighted by Crippen LogP contribution is 2.41. The standard InChI is InChI=1S/C22H27N7O.C22H30N6O.C21H28N6O.C20H25N7O.C20H26N6O/c1-14(22(2,3)13-23)29-20-17(11-25-29)10-24-21(27-20)26-18-8-16-12-28(4)7-6-15(16)9-19(18)30-5;1-14(2)6-9-28-21-18(15(3)26-28)12-23-22(25-21)24-19-10-17-13-27(4)8-7-16(17)11-20(19)29-5;1-5-6-14(2)27-20-17(12-23-27)11-22-21(25-20)24-18-9-16-13-26(3)8-7-15(16)10-19(18)28-4;1-13(21)4-7-27-19-16(11-23-27)10-22-20(25-19)24-17-8-15-12-26(2)6-5-14(15)9-18(17)28-3;1-4-5-7-26-19-16(12-22-26)11-21-20(24-19)23-17-9-15-13-25(2)8-6-14(15)10-18(17)27-3/h8-11,14H,6-7,12H2,1-5H3,(H,24,26,27);10-12,14H,6-9,13H2,1-5H3,(H,23,24,25);9-12,14H,5-8,13H2,1-4H3,(H,22,24,25);8-11H,1,4-7,12,21H2,2-3H3,(H,22,24,25);9-12H,4-8,13H2,1-3H3,(H,21,23,24). The summed E-state index contributed by atoms with van der Waals surface area (Å²) in [5.74, 6) is 7.29. The molecule has 5 aromatic carbocycles. The summed E-state index contributed by atoms with van der Waals surface area (Å²) in [5, 5.41) is 53.3. The Morgan fingerprint density at radius 2 is 0.732 bits per heavy atom. The number of nitrogens with zero attached hydrogens (tertiary/aromatic N) is 26. The average molecular weight is 1930 g/mol. The zero-order valence-electron chi connectivity index (χ0n) is 85.6. The van der Waals surface area contributed by atoms with Crippen molar-refractivity contribution >= 4 is 113 Å². The maximum atomic E-state index is 9.50. The molecule has 0 saturated carbocycles. The van der Waals surface area contributed by atoms with Crippen molar-refractivity contribution in [3.8, 4) is 34.8 Å². The van der Waals surface area contributed by atoms with Crippen molar-refractivity contribution in [2.45, 2.75) is 197 Å². The molecule has 7 N–H and O–H groups in total. The van der Waals surface area contributed by atoms with Crippen molar-refractivity contribution in [2.75, 3.05) is 130 Å². The molecule has 0 bridgehead atoms. The fourth-order valence-electron chi connectivity index (χ4n) is 18.4. The van der Waals surface area contributed by atoms with Gasteiger partial charge in [-0.1, -0.05) is 47.1 Å². The molecule has 142 heavy (non-hydrogen) atoms. The van der Waals surface area contributed by atoms with Gasteiger partial charge in [0.25, 0.3) is 0 Å². The van der Waals surface area contributed by atoms with Crippen LogP contribution in [0.5, 0.6) is 28.7 Å². The van der Waals surface area contributed by atoms with Gasteiger partial charge in [0.05, 0.1) is 145 Å². The molecule has 15 aromatic rings. The van der Waals surface area contributed by atoms with Crippen LogP contribution in [0, 0.1) is 29.6 Å². The second-order valence-electron chi connectivity index (χ2n) is 38.8. The molecular formula is C105H136N32O5. The number of hydrogen-bond donors (Lipinski definition) is 6. The second-order valence-corrected chi connectivity index (χ2v) is 38.8. The van der Waals surface area contributed by atoms with E-state index in [0.717, 1.165) is 255 Å². The fraction of sp³-hybridized carbons (Fsp3) is 0.448. The molecule has 746 valence electrons. The summed E-state index contributed by atoms with van der Waals surface area (Å²) >= 11 is 0. The molecule has 37 nitrogen and oxygen atoms in total. The first kappa shape index (κ1) is 101. The molecular weight excluding hydrogens is 1790 g/mol. The van der Waals surface area contributed by atoms with Crippen LogP contribution < -0.4 is 56.0 Å². The van der Waals surface area contributed by atoms with Gasteiger partial charge in [-0.25, -0.2) is 48.3 Å². The number of likely N-dealkylation sites (N-methyl/N-ethyl adjacent to an activating group) is 5. The normalized spacial score (nSPS) is 14.8. The molecule has 15 heterocycles. The van der Waals surface area contributed by atoms with E-state index >= 15 is 0 Å². The summed E-state index contributed by atoms with van der Waals surface area (Å²) in [5.41, 5.74) is 28.3. The van der Waals surface area contributed by atoms with Gasteiger partial charge in [-0.05, 0) is 243 Å². The lowest BCUT2D eigenvalue weighted by Crippen LogP contribution is -2.26. The third kappa shape index (κ3) is 23.6. The minimum Gasteiger partial charge on any atom is -0.495 e. The summed E-state index contributed by atoms with van der Waals surface area (Å²) in [4.78, 5) is 57.5. The highest BCUT2D eigenvalue weighted by atomic mass is 16.5. The van der Waals surface area contributed by atoms with Crippen LogP contribution in [-0.4, -0.2) is 227 Å². The number of ether oxygens (including phenoxy) is 5. The van der Waals surface area contributed by atoms with Crippen LogP contribution in [0.25, 0.3) is 55.2 Å². The van der Waals surface area contributed by atoms with Gasteiger partial charge in [-0.3, -0.25) is 0 Å². The van der Waals surface area contributed by atoms with Crippen LogP contribution >= 0.6 is 0 Å². The van der Waals surface area contributed by atoms with E-state index in [9.17, 15) is 5.26 Å². The number of rotatable bonds is 29. The van der Waals surface area contributed by atoms with Crippen molar-refractivity contribution in [1.29, 1.82) is 5.26 Å². The molecule has 5 aliphatic heterocycles. The van der Waals surface area contributed by atoms with Gasteiger partial charge in [0, 0.05) is 128 Å². The fourth-order valence-corrected chi connectivity index (χ4v) is 18.4. The van der Waals surface area contributed by atoms with Crippen molar-refractivity contribution in [3.05, 3.63) is 190 Å². The number of hydrogen-bond acceptors (Lipinski definition) is 32. The van der Waals surface area contributed by atoms with Crippen molar-refractivity contribution in [3.63, 3.8) is 0 Å². The molecule has 2 unspecified atom stereocenters. The number of unbranched alkanes of at least 4 members (excludes halogenated alkanes) is 1. The van der Waals surface area contributed by atoms with E-state index in [2.05, 4.69) is 250 Å².